The van der Waals surface area contributed by atoms with Crippen LogP contribution < -0.4 is 15.5 Å². The summed E-state index contributed by atoms with van der Waals surface area (Å²) in [7, 11) is 0. The summed E-state index contributed by atoms with van der Waals surface area (Å²) in [5.41, 5.74) is 1.81. The van der Waals surface area contributed by atoms with Gasteiger partial charge in [-0.1, -0.05) is 44.4 Å². The van der Waals surface area contributed by atoms with E-state index in [2.05, 4.69) is 17.6 Å². The summed E-state index contributed by atoms with van der Waals surface area (Å²) >= 11 is 1.32. The Labute approximate surface area is 181 Å². The Morgan fingerprint density at radius 2 is 1.80 bits per heavy atom. The molecule has 0 aliphatic heterocycles. The van der Waals surface area contributed by atoms with E-state index >= 15 is 0 Å². The van der Waals surface area contributed by atoms with E-state index in [4.69, 9.17) is 0 Å². The molecule has 7 heteroatoms. The van der Waals surface area contributed by atoms with Crippen LogP contribution >= 0.6 is 11.3 Å². The molecule has 1 aliphatic rings. The number of nitrogens with one attached hydrogen (secondary N) is 2. The molecule has 0 saturated heterocycles. The molecule has 0 atom stereocenters. The van der Waals surface area contributed by atoms with Crippen molar-refractivity contribution in [2.24, 2.45) is 0 Å². The summed E-state index contributed by atoms with van der Waals surface area (Å²) in [6.07, 6.45) is 6.34. The van der Waals surface area contributed by atoms with Crippen LogP contribution in [-0.4, -0.2) is 36.9 Å². The monoisotopic (exact) mass is 427 g/mol. The van der Waals surface area contributed by atoms with Crippen molar-refractivity contribution in [2.75, 3.05) is 18.0 Å². The zero-order chi connectivity index (χ0) is 21.3. The van der Waals surface area contributed by atoms with Crippen LogP contribution in [0.15, 0.2) is 41.8 Å². The van der Waals surface area contributed by atoms with E-state index in [1.807, 2.05) is 29.6 Å². The Morgan fingerprint density at radius 1 is 1.07 bits per heavy atom. The molecule has 1 aromatic carbocycles. The minimum absolute atomic E-state index is 0.0598. The summed E-state index contributed by atoms with van der Waals surface area (Å²) in [5, 5.41) is 7.54. The van der Waals surface area contributed by atoms with Gasteiger partial charge < -0.3 is 15.5 Å². The van der Waals surface area contributed by atoms with Gasteiger partial charge in [-0.3, -0.25) is 14.4 Å². The van der Waals surface area contributed by atoms with Crippen LogP contribution in [0.25, 0.3) is 0 Å². The largest absolute Gasteiger partial charge is 0.352 e. The van der Waals surface area contributed by atoms with Gasteiger partial charge in [-0.05, 0) is 48.4 Å². The lowest BCUT2D eigenvalue weighted by Crippen LogP contribution is -2.47. The van der Waals surface area contributed by atoms with Gasteiger partial charge in [-0.15, -0.1) is 11.3 Å². The number of hydrogen-bond acceptors (Lipinski definition) is 4. The lowest BCUT2D eigenvalue weighted by molar-refractivity contribution is -0.124. The second kappa shape index (κ2) is 10.9. The van der Waals surface area contributed by atoms with Crippen LogP contribution in [0.3, 0.4) is 0 Å². The average Bonchev–Trinajstić information content (AvgIpc) is 3.31. The number of carbonyl (C=O) groups is 3. The number of nitrogens with zero attached hydrogens (tertiary/aromatic N) is 1. The fraction of sp³-hybridized carbons (Fsp3) is 0.435. The van der Waals surface area contributed by atoms with Crippen molar-refractivity contribution in [2.45, 2.75) is 51.5 Å². The highest BCUT2D eigenvalue weighted by atomic mass is 32.1. The minimum atomic E-state index is -0.317. The van der Waals surface area contributed by atoms with Gasteiger partial charge in [0.1, 0.15) is 6.54 Å². The second-order valence-corrected chi connectivity index (χ2v) is 8.51. The molecular formula is C23H29N3O3S. The number of anilines is 1. The summed E-state index contributed by atoms with van der Waals surface area (Å²) < 4.78 is 0. The highest BCUT2D eigenvalue weighted by molar-refractivity contribution is 7.12. The second-order valence-electron chi connectivity index (χ2n) is 7.56. The van der Waals surface area contributed by atoms with E-state index in [0.29, 0.717) is 10.6 Å². The van der Waals surface area contributed by atoms with Crippen LogP contribution in [0.2, 0.25) is 0 Å². The van der Waals surface area contributed by atoms with Gasteiger partial charge >= 0.3 is 0 Å². The summed E-state index contributed by atoms with van der Waals surface area (Å²) in [6.45, 7) is 1.84. The molecule has 0 radical (unpaired) electrons. The number of aryl methyl sites for hydroxylation is 1. The predicted octanol–water partition coefficient (Wildman–Crippen LogP) is 3.52. The number of hydrogen-bond donors (Lipinski definition) is 2. The first-order chi connectivity index (χ1) is 14.6. The van der Waals surface area contributed by atoms with Gasteiger partial charge in [0.2, 0.25) is 11.8 Å². The molecule has 1 aromatic heterocycles. The minimum Gasteiger partial charge on any atom is -0.352 e. The quantitative estimate of drug-likeness (QED) is 0.677. The molecule has 3 rings (SSSR count). The Kier molecular flexibility index (Phi) is 8.02. The first kappa shape index (κ1) is 22.0. The number of thiophene rings is 1. The molecule has 1 fully saturated rings. The number of amides is 3. The maximum atomic E-state index is 12.9. The molecule has 160 valence electrons. The van der Waals surface area contributed by atoms with Gasteiger partial charge in [0.25, 0.3) is 5.91 Å². The molecule has 3 amide bonds. The number of carbonyl (C=O) groups excluding carboxylic acids is 3. The molecule has 0 bridgehead atoms. The lowest BCUT2D eigenvalue weighted by Gasteiger charge is -2.26. The summed E-state index contributed by atoms with van der Waals surface area (Å²) in [5.74, 6) is -0.770. The van der Waals surface area contributed by atoms with Crippen molar-refractivity contribution in [1.82, 2.24) is 10.6 Å². The molecule has 1 aliphatic carbocycles. The van der Waals surface area contributed by atoms with Crippen molar-refractivity contribution in [3.8, 4) is 0 Å². The molecule has 6 nitrogen and oxygen atoms in total. The maximum Gasteiger partial charge on any atom is 0.261 e. The van der Waals surface area contributed by atoms with Crippen molar-refractivity contribution in [3.63, 3.8) is 0 Å². The van der Waals surface area contributed by atoms with Crippen molar-refractivity contribution in [1.29, 1.82) is 0 Å². The van der Waals surface area contributed by atoms with Crippen molar-refractivity contribution < 1.29 is 14.4 Å². The first-order valence-corrected chi connectivity index (χ1v) is 11.4. The van der Waals surface area contributed by atoms with E-state index < -0.39 is 0 Å². The maximum absolute atomic E-state index is 12.9. The Morgan fingerprint density at radius 3 is 2.43 bits per heavy atom. The summed E-state index contributed by atoms with van der Waals surface area (Å²) in [4.78, 5) is 39.8. The third kappa shape index (κ3) is 6.16. The van der Waals surface area contributed by atoms with Crippen LogP contribution in [0.4, 0.5) is 5.69 Å². The highest BCUT2D eigenvalue weighted by Gasteiger charge is 2.22. The Bertz CT molecular complexity index is 843. The van der Waals surface area contributed by atoms with Gasteiger partial charge in [0.05, 0.1) is 11.4 Å². The smallest absolute Gasteiger partial charge is 0.261 e. The first-order valence-electron chi connectivity index (χ1n) is 10.6. The number of rotatable bonds is 8. The molecule has 30 heavy (non-hydrogen) atoms. The molecule has 1 heterocycles. The fourth-order valence-corrected chi connectivity index (χ4v) is 4.29. The summed E-state index contributed by atoms with van der Waals surface area (Å²) in [6, 6.07) is 11.3. The molecule has 1 saturated carbocycles. The van der Waals surface area contributed by atoms with E-state index in [9.17, 15) is 14.4 Å². The molecule has 2 N–H and O–H groups in total. The van der Waals surface area contributed by atoms with E-state index in [0.717, 1.165) is 37.7 Å². The van der Waals surface area contributed by atoms with E-state index in [1.165, 1.54) is 22.7 Å². The third-order valence-corrected chi connectivity index (χ3v) is 6.24. The fourth-order valence-electron chi connectivity index (χ4n) is 3.65. The van der Waals surface area contributed by atoms with E-state index in [-0.39, 0.29) is 36.9 Å². The predicted molar refractivity (Wildman–Crippen MR) is 120 cm³/mol. The van der Waals surface area contributed by atoms with E-state index in [1.54, 1.807) is 12.1 Å². The molecule has 2 aromatic rings. The Balaban J connectivity index is 1.66. The van der Waals surface area contributed by atoms with Gasteiger partial charge in [-0.2, -0.15) is 0 Å². The van der Waals surface area contributed by atoms with Crippen molar-refractivity contribution in [3.05, 3.63) is 52.2 Å². The molecular weight excluding hydrogens is 398 g/mol. The van der Waals surface area contributed by atoms with Gasteiger partial charge in [-0.25, -0.2) is 0 Å². The van der Waals surface area contributed by atoms with Gasteiger partial charge in [0, 0.05) is 11.7 Å². The Hall–Kier alpha value is -2.67. The zero-order valence-electron chi connectivity index (χ0n) is 17.4. The van der Waals surface area contributed by atoms with Crippen LogP contribution in [-0.2, 0) is 16.0 Å². The standard InChI is InChI=1S/C23H29N3O3S/c1-2-17-10-12-19(13-11-17)26(16-21(27)25-18-7-4-3-5-8-18)22(28)15-24-23(29)20-9-6-14-30-20/h6,9-14,18H,2-5,7-8,15-16H2,1H3,(H,24,29)(H,25,27). The topological polar surface area (TPSA) is 78.5 Å². The van der Waals surface area contributed by atoms with Crippen LogP contribution in [0.1, 0.15) is 54.3 Å². The molecule has 0 spiro atoms. The van der Waals surface area contributed by atoms with Crippen LogP contribution in [0, 0.1) is 0 Å². The average molecular weight is 428 g/mol. The number of benzene rings is 1. The van der Waals surface area contributed by atoms with Crippen molar-refractivity contribution >= 4 is 34.7 Å². The van der Waals surface area contributed by atoms with Gasteiger partial charge in [0.15, 0.2) is 0 Å². The highest BCUT2D eigenvalue weighted by Crippen LogP contribution is 2.19. The zero-order valence-corrected chi connectivity index (χ0v) is 18.2. The SMILES string of the molecule is CCc1ccc(N(CC(=O)NC2CCCCC2)C(=O)CNC(=O)c2cccs2)cc1. The molecule has 0 unspecified atom stereocenters. The third-order valence-electron chi connectivity index (χ3n) is 5.37. The lowest BCUT2D eigenvalue weighted by atomic mass is 9.95. The van der Waals surface area contributed by atoms with Crippen LogP contribution in [0.5, 0.6) is 0 Å². The normalized spacial score (nSPS) is 14.2.